The Bertz CT molecular complexity index is 629. The van der Waals surface area contributed by atoms with Crippen molar-refractivity contribution in [3.63, 3.8) is 0 Å². The average molecular weight is 294 g/mol. The number of hydrogen-bond acceptors (Lipinski definition) is 2. The maximum atomic E-state index is 11.8. The van der Waals surface area contributed by atoms with Gasteiger partial charge in [0.2, 0.25) is 0 Å². The Hall–Kier alpha value is -1.33. The third-order valence-corrected chi connectivity index (χ3v) is 3.72. The number of nitrogens with one attached hydrogen (secondary N) is 1. The van der Waals surface area contributed by atoms with Crippen molar-refractivity contribution in [3.8, 4) is 5.69 Å². The molecule has 0 spiro atoms. The molecule has 1 aliphatic heterocycles. The Labute approximate surface area is 107 Å². The van der Waals surface area contributed by atoms with Crippen LogP contribution in [0.15, 0.2) is 33.5 Å². The van der Waals surface area contributed by atoms with Crippen molar-refractivity contribution >= 4 is 15.9 Å². The lowest BCUT2D eigenvalue weighted by molar-refractivity contribution is 0.345. The molecule has 2 aromatic rings. The molecule has 2 heterocycles. The molecule has 4 nitrogen and oxygen atoms in total. The number of para-hydroxylation sites is 1. The van der Waals surface area contributed by atoms with E-state index in [4.69, 9.17) is 0 Å². The highest BCUT2D eigenvalue weighted by molar-refractivity contribution is 9.10. The van der Waals surface area contributed by atoms with Crippen molar-refractivity contribution < 1.29 is 0 Å². The van der Waals surface area contributed by atoms with E-state index >= 15 is 0 Å². The molecule has 0 amide bonds. The number of aromatic nitrogens is 2. The van der Waals surface area contributed by atoms with Gasteiger partial charge in [-0.1, -0.05) is 12.1 Å². The summed E-state index contributed by atoms with van der Waals surface area (Å²) in [5, 5.41) is 2.90. The third kappa shape index (κ3) is 1.66. The second-order valence-corrected chi connectivity index (χ2v) is 5.18. The molecule has 88 valence electrons. The summed E-state index contributed by atoms with van der Waals surface area (Å²) in [6.07, 6.45) is 0. The van der Waals surface area contributed by atoms with E-state index in [2.05, 4.69) is 25.9 Å². The van der Waals surface area contributed by atoms with Gasteiger partial charge in [-0.05, 0) is 35.1 Å². The predicted octanol–water partition coefficient (Wildman–Crippen LogP) is 1.87. The minimum Gasteiger partial charge on any atom is -0.296 e. The molecule has 5 heteroatoms. The van der Waals surface area contributed by atoms with Gasteiger partial charge in [0.15, 0.2) is 0 Å². The largest absolute Gasteiger partial charge is 0.296 e. The zero-order valence-electron chi connectivity index (χ0n) is 9.40. The van der Waals surface area contributed by atoms with Gasteiger partial charge < -0.3 is 0 Å². The number of nitrogens with zero attached hydrogens (tertiary/aromatic N) is 2. The molecule has 1 N–H and O–H groups in total. The number of benzene rings is 1. The van der Waals surface area contributed by atoms with E-state index in [1.54, 1.807) is 0 Å². The van der Waals surface area contributed by atoms with Crippen LogP contribution in [-0.2, 0) is 13.1 Å². The van der Waals surface area contributed by atoms with Gasteiger partial charge in [-0.25, -0.2) is 0 Å². The Morgan fingerprint density at radius 1 is 1.29 bits per heavy atom. The molecule has 1 aliphatic rings. The predicted molar refractivity (Wildman–Crippen MR) is 69.3 cm³/mol. The van der Waals surface area contributed by atoms with Gasteiger partial charge in [0.25, 0.3) is 5.56 Å². The molecule has 0 saturated carbocycles. The molecular weight excluding hydrogens is 282 g/mol. The summed E-state index contributed by atoms with van der Waals surface area (Å²) in [5.41, 5.74) is 2.92. The summed E-state index contributed by atoms with van der Waals surface area (Å²) in [5.74, 6) is 0. The zero-order valence-corrected chi connectivity index (χ0v) is 11.0. The summed E-state index contributed by atoms with van der Waals surface area (Å²) >= 11 is 3.51. The van der Waals surface area contributed by atoms with Crippen LogP contribution in [0.5, 0.6) is 0 Å². The zero-order chi connectivity index (χ0) is 12.0. The van der Waals surface area contributed by atoms with E-state index < -0.39 is 0 Å². The van der Waals surface area contributed by atoms with E-state index in [0.717, 1.165) is 34.5 Å². The van der Waals surface area contributed by atoms with Crippen molar-refractivity contribution in [2.75, 3.05) is 7.05 Å². The average Bonchev–Trinajstić information content (AvgIpc) is 2.80. The van der Waals surface area contributed by atoms with Crippen molar-refractivity contribution in [1.82, 2.24) is 14.7 Å². The van der Waals surface area contributed by atoms with Crippen LogP contribution in [0.3, 0.4) is 0 Å². The highest BCUT2D eigenvalue weighted by Gasteiger charge is 2.24. The van der Waals surface area contributed by atoms with Crippen LogP contribution in [0.1, 0.15) is 11.3 Å². The highest BCUT2D eigenvalue weighted by Crippen LogP contribution is 2.25. The summed E-state index contributed by atoms with van der Waals surface area (Å²) in [6, 6.07) is 7.88. The van der Waals surface area contributed by atoms with Crippen LogP contribution in [0.25, 0.3) is 5.69 Å². The maximum absolute atomic E-state index is 11.8. The molecule has 1 aromatic heterocycles. The van der Waals surface area contributed by atoms with Crippen LogP contribution in [0.4, 0.5) is 0 Å². The number of aromatic amines is 1. The minimum absolute atomic E-state index is 0.0140. The lowest BCUT2D eigenvalue weighted by atomic mass is 10.3. The minimum atomic E-state index is 0.0140. The Balaban J connectivity index is 2.21. The first-order valence-corrected chi connectivity index (χ1v) is 6.22. The van der Waals surface area contributed by atoms with Crippen LogP contribution in [0, 0.1) is 0 Å². The lowest BCUT2D eigenvalue weighted by Crippen LogP contribution is -2.16. The number of hydrogen-bond donors (Lipinski definition) is 1. The van der Waals surface area contributed by atoms with Gasteiger partial charge in [-0.3, -0.25) is 19.5 Å². The van der Waals surface area contributed by atoms with Crippen LogP contribution in [-0.4, -0.2) is 21.7 Å². The molecular formula is C12H12BrN3O. The fourth-order valence-electron chi connectivity index (χ4n) is 2.25. The van der Waals surface area contributed by atoms with Crippen LogP contribution < -0.4 is 5.56 Å². The fourth-order valence-corrected chi connectivity index (χ4v) is 2.71. The Kier molecular flexibility index (Phi) is 2.45. The summed E-state index contributed by atoms with van der Waals surface area (Å²) in [7, 11) is 2.02. The Morgan fingerprint density at radius 2 is 2.06 bits per heavy atom. The number of fused-ring (bicyclic) bond motifs is 1. The van der Waals surface area contributed by atoms with Gasteiger partial charge >= 0.3 is 0 Å². The van der Waals surface area contributed by atoms with Crippen molar-refractivity contribution in [1.29, 1.82) is 0 Å². The SMILES string of the molecule is CN1Cc2c(n(-c3ccccc3Br)[nH]c2=O)C1. The lowest BCUT2D eigenvalue weighted by Gasteiger charge is -2.10. The monoisotopic (exact) mass is 293 g/mol. The van der Waals surface area contributed by atoms with E-state index in [0.29, 0.717) is 0 Å². The number of rotatable bonds is 1. The van der Waals surface area contributed by atoms with Gasteiger partial charge in [0, 0.05) is 17.6 Å². The Morgan fingerprint density at radius 3 is 2.82 bits per heavy atom. The van der Waals surface area contributed by atoms with Gasteiger partial charge in [0.1, 0.15) is 0 Å². The summed E-state index contributed by atoms with van der Waals surface area (Å²) in [4.78, 5) is 14.0. The standard InChI is InChI=1S/C12H12BrN3O/c1-15-6-8-11(7-15)16(14-12(8)17)10-5-3-2-4-9(10)13/h2-5H,6-7H2,1H3,(H,14,17). The normalized spacial score (nSPS) is 15.2. The van der Waals surface area contributed by atoms with E-state index in [-0.39, 0.29) is 5.56 Å². The molecule has 0 atom stereocenters. The van der Waals surface area contributed by atoms with E-state index in [1.165, 1.54) is 0 Å². The molecule has 1 aromatic carbocycles. The molecule has 0 saturated heterocycles. The van der Waals surface area contributed by atoms with Gasteiger partial charge in [-0.2, -0.15) is 0 Å². The fraction of sp³-hybridized carbons (Fsp3) is 0.250. The van der Waals surface area contributed by atoms with Crippen molar-refractivity contribution in [3.05, 3.63) is 50.3 Å². The topological polar surface area (TPSA) is 41.0 Å². The molecule has 0 fully saturated rings. The molecule has 0 aliphatic carbocycles. The molecule has 3 rings (SSSR count). The molecule has 17 heavy (non-hydrogen) atoms. The molecule has 0 bridgehead atoms. The highest BCUT2D eigenvalue weighted by atomic mass is 79.9. The first-order valence-electron chi connectivity index (χ1n) is 5.43. The smallest absolute Gasteiger partial charge is 0.269 e. The number of halogens is 1. The van der Waals surface area contributed by atoms with Crippen LogP contribution >= 0.6 is 15.9 Å². The molecule has 0 radical (unpaired) electrons. The first kappa shape index (κ1) is 10.8. The van der Waals surface area contributed by atoms with E-state index in [9.17, 15) is 4.79 Å². The molecule has 0 unspecified atom stereocenters. The second kappa shape index (κ2) is 3.85. The summed E-state index contributed by atoms with van der Waals surface area (Å²) in [6.45, 7) is 1.53. The van der Waals surface area contributed by atoms with Gasteiger partial charge in [-0.15, -0.1) is 0 Å². The van der Waals surface area contributed by atoms with Crippen LogP contribution in [0.2, 0.25) is 0 Å². The van der Waals surface area contributed by atoms with Crippen molar-refractivity contribution in [2.45, 2.75) is 13.1 Å². The first-order chi connectivity index (χ1) is 8.16. The van der Waals surface area contributed by atoms with Crippen molar-refractivity contribution in [2.24, 2.45) is 0 Å². The quantitative estimate of drug-likeness (QED) is 0.872. The van der Waals surface area contributed by atoms with E-state index in [1.807, 2.05) is 36.0 Å². The van der Waals surface area contributed by atoms with Gasteiger partial charge in [0.05, 0.1) is 16.9 Å². The second-order valence-electron chi connectivity index (χ2n) is 4.33. The number of H-pyrrole nitrogens is 1. The maximum Gasteiger partial charge on any atom is 0.269 e. The summed E-state index contributed by atoms with van der Waals surface area (Å²) < 4.78 is 2.86. The third-order valence-electron chi connectivity index (χ3n) is 3.05.